The molecule has 0 aliphatic heterocycles. The predicted octanol–water partition coefficient (Wildman–Crippen LogP) is 4.85. The minimum absolute atomic E-state index is 0.00341. The Bertz CT molecular complexity index is 1230. The summed E-state index contributed by atoms with van der Waals surface area (Å²) in [6, 6.07) is 15.5. The first-order chi connectivity index (χ1) is 14.8. The smallest absolute Gasteiger partial charge is 0.322 e. The quantitative estimate of drug-likeness (QED) is 0.462. The summed E-state index contributed by atoms with van der Waals surface area (Å²) >= 11 is 0.854. The highest BCUT2D eigenvalue weighted by Gasteiger charge is 2.35. The van der Waals surface area contributed by atoms with Crippen molar-refractivity contribution in [2.45, 2.75) is 12.6 Å². The number of aromatic nitrogens is 2. The van der Waals surface area contributed by atoms with E-state index in [1.807, 2.05) is 6.07 Å². The third-order valence-corrected chi connectivity index (χ3v) is 5.38. The van der Waals surface area contributed by atoms with Gasteiger partial charge in [0.25, 0.3) is 5.91 Å². The molecular weight excluding hydrogens is 429 g/mol. The minimum atomic E-state index is -4.50. The molecular formula is C21H15F3N4O2S. The fourth-order valence-corrected chi connectivity index (χ4v) is 3.88. The van der Waals surface area contributed by atoms with Crippen molar-refractivity contribution in [3.8, 4) is 0 Å². The summed E-state index contributed by atoms with van der Waals surface area (Å²) in [6.07, 6.45) is -3.46. The Labute approximate surface area is 178 Å². The van der Waals surface area contributed by atoms with Crippen molar-refractivity contribution in [2.75, 3.05) is 10.6 Å². The van der Waals surface area contributed by atoms with Gasteiger partial charge in [-0.05, 0) is 29.8 Å². The number of thiazole rings is 1. The molecule has 4 aromatic rings. The van der Waals surface area contributed by atoms with Crippen LogP contribution in [0.4, 0.5) is 24.7 Å². The number of halogens is 3. The maximum atomic E-state index is 13.0. The van der Waals surface area contributed by atoms with E-state index in [1.54, 1.807) is 48.5 Å². The number of nitrogens with one attached hydrogen (secondary N) is 2. The summed E-state index contributed by atoms with van der Waals surface area (Å²) in [5.41, 5.74) is 0.938. The normalized spacial score (nSPS) is 11.5. The van der Waals surface area contributed by atoms with Crippen LogP contribution < -0.4 is 10.6 Å². The van der Waals surface area contributed by atoms with Crippen LogP contribution in [0.15, 0.2) is 66.3 Å². The largest absolute Gasteiger partial charge is 0.432 e. The highest BCUT2D eigenvalue weighted by atomic mass is 32.1. The van der Waals surface area contributed by atoms with E-state index in [9.17, 15) is 22.8 Å². The van der Waals surface area contributed by atoms with Crippen LogP contribution in [-0.4, -0.2) is 21.2 Å². The maximum Gasteiger partial charge on any atom is 0.432 e. The fraction of sp³-hybridized carbons (Fsp3) is 0.0952. The molecule has 0 fully saturated rings. The summed E-state index contributed by atoms with van der Waals surface area (Å²) in [4.78, 5) is 28.6. The van der Waals surface area contributed by atoms with Gasteiger partial charge in [-0.15, -0.1) is 11.3 Å². The van der Waals surface area contributed by atoms with E-state index in [2.05, 4.69) is 15.6 Å². The molecule has 31 heavy (non-hydrogen) atoms. The second-order valence-electron chi connectivity index (χ2n) is 6.63. The second kappa shape index (κ2) is 8.23. The van der Waals surface area contributed by atoms with Crippen molar-refractivity contribution in [1.82, 2.24) is 9.38 Å². The van der Waals surface area contributed by atoms with Gasteiger partial charge in [0.1, 0.15) is 16.9 Å². The number of rotatable bonds is 5. The number of nitrogens with zero attached hydrogens (tertiary/aromatic N) is 2. The lowest BCUT2D eigenvalue weighted by Crippen LogP contribution is -2.15. The average Bonchev–Trinajstić information content (AvgIpc) is 3.33. The van der Waals surface area contributed by atoms with Crippen molar-refractivity contribution in [1.29, 1.82) is 0 Å². The Morgan fingerprint density at radius 3 is 2.39 bits per heavy atom. The van der Waals surface area contributed by atoms with Gasteiger partial charge in [-0.3, -0.25) is 14.0 Å². The van der Waals surface area contributed by atoms with Gasteiger partial charge in [-0.25, -0.2) is 4.98 Å². The number of hydrogen-bond donors (Lipinski definition) is 2. The van der Waals surface area contributed by atoms with Gasteiger partial charge in [-0.1, -0.05) is 30.3 Å². The molecule has 0 radical (unpaired) electrons. The molecule has 2 N–H and O–H groups in total. The van der Waals surface area contributed by atoms with Crippen molar-refractivity contribution < 1.29 is 22.8 Å². The van der Waals surface area contributed by atoms with Crippen LogP contribution in [0.2, 0.25) is 0 Å². The molecule has 0 bridgehead atoms. The molecule has 0 unspecified atom stereocenters. The van der Waals surface area contributed by atoms with E-state index in [0.29, 0.717) is 16.8 Å². The standard InChI is InChI=1S/C21H15F3N4O2S/c22-21(23,24)16-11-31-20-18(25-12-28(16)20)27-17(29)10-13-6-8-15(9-7-13)26-19(30)14-4-2-1-3-5-14/h1-9,11-12H,10H2,(H,26,30)(H,27,29). The van der Waals surface area contributed by atoms with Crippen LogP contribution in [0.25, 0.3) is 4.83 Å². The first-order valence-electron chi connectivity index (χ1n) is 9.08. The third kappa shape index (κ3) is 4.58. The van der Waals surface area contributed by atoms with Crippen molar-refractivity contribution in [3.05, 3.63) is 83.1 Å². The molecule has 4 rings (SSSR count). The molecule has 0 saturated carbocycles. The van der Waals surface area contributed by atoms with E-state index in [-0.39, 0.29) is 23.0 Å². The fourth-order valence-electron chi connectivity index (χ4n) is 2.94. The number of carbonyl (C=O) groups is 2. The zero-order valence-corrected chi connectivity index (χ0v) is 16.6. The van der Waals surface area contributed by atoms with Gasteiger partial charge in [0.05, 0.1) is 6.42 Å². The first-order valence-corrected chi connectivity index (χ1v) is 9.96. The summed E-state index contributed by atoms with van der Waals surface area (Å²) in [6.45, 7) is 0. The van der Waals surface area contributed by atoms with E-state index in [4.69, 9.17) is 0 Å². The Hall–Kier alpha value is -3.66. The van der Waals surface area contributed by atoms with E-state index < -0.39 is 17.8 Å². The first kappa shape index (κ1) is 20.6. The van der Waals surface area contributed by atoms with Crippen molar-refractivity contribution in [3.63, 3.8) is 0 Å². The summed E-state index contributed by atoms with van der Waals surface area (Å²) in [5, 5.41) is 6.30. The van der Waals surface area contributed by atoms with Gasteiger partial charge in [-0.2, -0.15) is 13.2 Å². The van der Waals surface area contributed by atoms with Gasteiger partial charge in [0.15, 0.2) is 5.82 Å². The van der Waals surface area contributed by atoms with Gasteiger partial charge in [0, 0.05) is 16.6 Å². The lowest BCUT2D eigenvalue weighted by molar-refractivity contribution is -0.141. The number of carbonyl (C=O) groups excluding carboxylic acids is 2. The highest BCUT2D eigenvalue weighted by molar-refractivity contribution is 7.16. The summed E-state index contributed by atoms with van der Waals surface area (Å²) < 4.78 is 39.8. The van der Waals surface area contributed by atoms with Crippen LogP contribution in [-0.2, 0) is 17.4 Å². The summed E-state index contributed by atoms with van der Waals surface area (Å²) in [5.74, 6) is -0.579. The van der Waals surface area contributed by atoms with Crippen LogP contribution in [0, 0.1) is 0 Å². The molecule has 2 aromatic heterocycles. The van der Waals surface area contributed by atoms with Gasteiger partial charge >= 0.3 is 6.18 Å². The van der Waals surface area contributed by atoms with Crippen LogP contribution in [0.1, 0.15) is 21.6 Å². The summed E-state index contributed by atoms with van der Waals surface area (Å²) in [7, 11) is 0. The zero-order chi connectivity index (χ0) is 22.0. The van der Waals surface area contributed by atoms with E-state index in [1.165, 1.54) is 0 Å². The van der Waals surface area contributed by atoms with Gasteiger partial charge in [0.2, 0.25) is 5.91 Å². The topological polar surface area (TPSA) is 75.5 Å². The van der Waals surface area contributed by atoms with Crippen molar-refractivity contribution in [2.24, 2.45) is 0 Å². The molecule has 2 amide bonds. The van der Waals surface area contributed by atoms with Crippen LogP contribution in [0.3, 0.4) is 0 Å². The van der Waals surface area contributed by atoms with Crippen LogP contribution >= 0.6 is 11.3 Å². The number of amides is 2. The molecule has 2 heterocycles. The maximum absolute atomic E-state index is 13.0. The number of anilines is 2. The average molecular weight is 444 g/mol. The Balaban J connectivity index is 1.39. The minimum Gasteiger partial charge on any atom is -0.322 e. The SMILES string of the molecule is O=C(Cc1ccc(NC(=O)c2ccccc2)cc1)Nc1ncn2c(C(F)(F)F)csc12. The second-order valence-corrected chi connectivity index (χ2v) is 7.49. The van der Waals surface area contributed by atoms with Crippen molar-refractivity contribution >= 4 is 39.5 Å². The van der Waals surface area contributed by atoms with Gasteiger partial charge < -0.3 is 10.6 Å². The predicted molar refractivity (Wildman–Crippen MR) is 111 cm³/mol. The Kier molecular flexibility index (Phi) is 5.47. The highest BCUT2D eigenvalue weighted by Crippen LogP contribution is 2.34. The molecule has 6 nitrogen and oxygen atoms in total. The molecule has 0 aliphatic carbocycles. The molecule has 2 aromatic carbocycles. The number of fused-ring (bicyclic) bond motifs is 1. The third-order valence-electron chi connectivity index (χ3n) is 4.43. The number of hydrogen-bond acceptors (Lipinski definition) is 4. The molecule has 158 valence electrons. The lowest BCUT2D eigenvalue weighted by Gasteiger charge is -2.07. The molecule has 0 atom stereocenters. The molecule has 0 saturated heterocycles. The van der Waals surface area contributed by atoms with E-state index >= 15 is 0 Å². The monoisotopic (exact) mass is 444 g/mol. The zero-order valence-electron chi connectivity index (χ0n) is 15.8. The number of benzene rings is 2. The Morgan fingerprint density at radius 2 is 1.71 bits per heavy atom. The molecule has 0 aliphatic rings. The number of alkyl halides is 3. The lowest BCUT2D eigenvalue weighted by atomic mass is 10.1. The molecule has 0 spiro atoms. The number of imidazole rings is 1. The van der Waals surface area contributed by atoms with Crippen LogP contribution in [0.5, 0.6) is 0 Å². The Morgan fingerprint density at radius 1 is 1.00 bits per heavy atom. The molecule has 10 heteroatoms. The van der Waals surface area contributed by atoms with E-state index in [0.717, 1.165) is 27.4 Å².